The molecule has 7 heteroatoms. The number of rotatable bonds is 3. The van der Waals surface area contributed by atoms with Gasteiger partial charge in [-0.25, -0.2) is 0 Å². The normalized spacial score (nSPS) is 10.7. The Bertz CT molecular complexity index is 931. The van der Waals surface area contributed by atoms with Crippen molar-refractivity contribution in [3.8, 4) is 11.5 Å². The smallest absolute Gasteiger partial charge is 0.271 e. The van der Waals surface area contributed by atoms with Gasteiger partial charge in [0.2, 0.25) is 0 Å². The minimum absolute atomic E-state index is 0.0789. The van der Waals surface area contributed by atoms with Crippen molar-refractivity contribution in [2.45, 2.75) is 0 Å². The van der Waals surface area contributed by atoms with E-state index >= 15 is 0 Å². The molecule has 3 aromatic rings. The average Bonchev–Trinajstić information content (AvgIpc) is 2.51. The zero-order valence-corrected chi connectivity index (χ0v) is 15.4. The molecule has 0 fully saturated rings. The lowest BCUT2D eigenvalue weighted by Crippen LogP contribution is -1.91. The Kier molecular flexibility index (Phi) is 4.57. The fourth-order valence-corrected chi connectivity index (χ4v) is 3.29. The largest absolute Gasteiger partial charge is 0.455 e. The molecule has 0 aliphatic carbocycles. The Morgan fingerprint density at radius 2 is 1.74 bits per heavy atom. The van der Waals surface area contributed by atoms with Crippen LogP contribution >= 0.6 is 43.5 Å². The average molecular weight is 458 g/mol. The molecular formula is C16H8Br2ClNO3. The van der Waals surface area contributed by atoms with Crippen molar-refractivity contribution in [3.05, 3.63) is 72.6 Å². The SMILES string of the molecule is O=[N+]([O-])c1ccc(Oc2ccc3cc(Br)ccc3c2Br)c(Cl)c1. The van der Waals surface area contributed by atoms with Gasteiger partial charge in [0, 0.05) is 16.6 Å². The van der Waals surface area contributed by atoms with Gasteiger partial charge >= 0.3 is 0 Å². The van der Waals surface area contributed by atoms with Crippen LogP contribution in [0.2, 0.25) is 5.02 Å². The Labute approximate surface area is 153 Å². The van der Waals surface area contributed by atoms with Crippen LogP contribution in [-0.2, 0) is 0 Å². The van der Waals surface area contributed by atoms with Gasteiger partial charge in [0.15, 0.2) is 0 Å². The second kappa shape index (κ2) is 6.47. The van der Waals surface area contributed by atoms with E-state index < -0.39 is 4.92 Å². The molecule has 0 saturated heterocycles. The number of nitro groups is 1. The Hall–Kier alpha value is -1.63. The van der Waals surface area contributed by atoms with Gasteiger partial charge in [-0.05, 0) is 51.0 Å². The van der Waals surface area contributed by atoms with Crippen molar-refractivity contribution >= 4 is 59.9 Å². The van der Waals surface area contributed by atoms with Crippen molar-refractivity contribution in [3.63, 3.8) is 0 Å². The standard InChI is InChI=1S/C16H8Br2ClNO3/c17-10-2-4-12-9(7-10)1-5-15(16(12)18)23-14-6-3-11(20(21)22)8-13(14)19/h1-8H. The van der Waals surface area contributed by atoms with Crippen molar-refractivity contribution in [1.29, 1.82) is 0 Å². The molecule has 3 aromatic carbocycles. The topological polar surface area (TPSA) is 52.4 Å². The number of hydrogen-bond acceptors (Lipinski definition) is 3. The van der Waals surface area contributed by atoms with E-state index in [1.54, 1.807) is 0 Å². The highest BCUT2D eigenvalue weighted by atomic mass is 79.9. The van der Waals surface area contributed by atoms with Gasteiger partial charge in [-0.2, -0.15) is 0 Å². The van der Waals surface area contributed by atoms with E-state index in [0.717, 1.165) is 19.7 Å². The molecule has 0 saturated carbocycles. The van der Waals surface area contributed by atoms with E-state index in [2.05, 4.69) is 31.9 Å². The molecule has 0 spiro atoms. The second-order valence-electron chi connectivity index (χ2n) is 4.72. The van der Waals surface area contributed by atoms with E-state index in [4.69, 9.17) is 16.3 Å². The highest BCUT2D eigenvalue weighted by molar-refractivity contribution is 9.11. The van der Waals surface area contributed by atoms with Crippen molar-refractivity contribution in [1.82, 2.24) is 0 Å². The predicted molar refractivity (Wildman–Crippen MR) is 97.5 cm³/mol. The van der Waals surface area contributed by atoms with E-state index in [1.165, 1.54) is 18.2 Å². The van der Waals surface area contributed by atoms with Gasteiger partial charge in [0.05, 0.1) is 14.4 Å². The lowest BCUT2D eigenvalue weighted by Gasteiger charge is -2.11. The fourth-order valence-electron chi connectivity index (χ4n) is 2.13. The van der Waals surface area contributed by atoms with E-state index in [0.29, 0.717) is 11.5 Å². The zero-order chi connectivity index (χ0) is 16.6. The third-order valence-electron chi connectivity index (χ3n) is 3.23. The number of fused-ring (bicyclic) bond motifs is 1. The van der Waals surface area contributed by atoms with Gasteiger partial charge in [0.1, 0.15) is 11.5 Å². The van der Waals surface area contributed by atoms with Crippen molar-refractivity contribution in [2.75, 3.05) is 0 Å². The molecule has 0 N–H and O–H groups in total. The van der Waals surface area contributed by atoms with Crippen molar-refractivity contribution in [2.24, 2.45) is 0 Å². The first-order valence-electron chi connectivity index (χ1n) is 6.45. The summed E-state index contributed by atoms with van der Waals surface area (Å²) in [7, 11) is 0. The molecule has 0 atom stereocenters. The maximum absolute atomic E-state index is 10.7. The summed E-state index contributed by atoms with van der Waals surface area (Å²) < 4.78 is 7.58. The lowest BCUT2D eigenvalue weighted by atomic mass is 10.1. The number of hydrogen-bond donors (Lipinski definition) is 0. The first-order valence-corrected chi connectivity index (χ1v) is 8.41. The Morgan fingerprint density at radius 1 is 1.00 bits per heavy atom. The Morgan fingerprint density at radius 3 is 2.43 bits per heavy atom. The maximum atomic E-state index is 10.7. The molecule has 0 aliphatic rings. The van der Waals surface area contributed by atoms with Crippen LogP contribution in [-0.4, -0.2) is 4.92 Å². The molecule has 0 bridgehead atoms. The van der Waals surface area contributed by atoms with Gasteiger partial charge < -0.3 is 4.74 Å². The highest BCUT2D eigenvalue weighted by Crippen LogP contribution is 2.39. The summed E-state index contributed by atoms with van der Waals surface area (Å²) in [5.41, 5.74) is -0.0789. The lowest BCUT2D eigenvalue weighted by molar-refractivity contribution is -0.384. The molecule has 0 amide bonds. The molecule has 23 heavy (non-hydrogen) atoms. The summed E-state index contributed by atoms with van der Waals surface area (Å²) in [6.45, 7) is 0. The molecule has 0 aromatic heterocycles. The summed E-state index contributed by atoms with van der Waals surface area (Å²) in [5, 5.41) is 13.0. The minimum atomic E-state index is -0.501. The van der Waals surface area contributed by atoms with Crippen LogP contribution in [0.15, 0.2) is 57.5 Å². The molecule has 0 unspecified atom stereocenters. The van der Waals surface area contributed by atoms with Crippen molar-refractivity contribution < 1.29 is 9.66 Å². The zero-order valence-electron chi connectivity index (χ0n) is 11.4. The van der Waals surface area contributed by atoms with Gasteiger partial charge in [-0.1, -0.05) is 39.7 Å². The number of benzene rings is 3. The third kappa shape index (κ3) is 3.34. The monoisotopic (exact) mass is 455 g/mol. The first kappa shape index (κ1) is 16.2. The van der Waals surface area contributed by atoms with E-state index in [1.807, 2.05) is 30.3 Å². The molecule has 3 rings (SSSR count). The van der Waals surface area contributed by atoms with Crippen LogP contribution in [0.1, 0.15) is 0 Å². The summed E-state index contributed by atoms with van der Waals surface area (Å²) in [6.07, 6.45) is 0. The van der Waals surface area contributed by atoms with Crippen LogP contribution in [0.25, 0.3) is 10.8 Å². The molecule has 0 heterocycles. The number of nitrogens with zero attached hydrogens (tertiary/aromatic N) is 1. The van der Waals surface area contributed by atoms with Crippen LogP contribution in [0.3, 0.4) is 0 Å². The number of non-ortho nitro benzene ring substituents is 1. The molecule has 4 nitrogen and oxygen atoms in total. The summed E-state index contributed by atoms with van der Waals surface area (Å²) >= 11 is 13.0. The minimum Gasteiger partial charge on any atom is -0.455 e. The summed E-state index contributed by atoms with van der Waals surface area (Å²) in [5.74, 6) is 0.935. The summed E-state index contributed by atoms with van der Waals surface area (Å²) in [4.78, 5) is 10.2. The van der Waals surface area contributed by atoms with Gasteiger partial charge in [-0.15, -0.1) is 0 Å². The number of nitro benzene ring substituents is 1. The van der Waals surface area contributed by atoms with E-state index in [9.17, 15) is 10.1 Å². The number of ether oxygens (including phenoxy) is 1. The van der Waals surface area contributed by atoms with Crippen LogP contribution < -0.4 is 4.74 Å². The van der Waals surface area contributed by atoms with Crippen LogP contribution in [0, 0.1) is 10.1 Å². The predicted octanol–water partition coefficient (Wildman–Crippen LogP) is 6.72. The fraction of sp³-hybridized carbons (Fsp3) is 0. The van der Waals surface area contributed by atoms with Gasteiger partial charge in [-0.3, -0.25) is 10.1 Å². The quantitative estimate of drug-likeness (QED) is 0.324. The summed E-state index contributed by atoms with van der Waals surface area (Å²) in [6, 6.07) is 13.8. The maximum Gasteiger partial charge on any atom is 0.271 e. The molecular weight excluding hydrogens is 449 g/mol. The van der Waals surface area contributed by atoms with E-state index in [-0.39, 0.29) is 10.7 Å². The highest BCUT2D eigenvalue weighted by Gasteiger charge is 2.13. The Balaban J connectivity index is 2.00. The third-order valence-corrected chi connectivity index (χ3v) is 4.83. The van der Waals surface area contributed by atoms with Crippen LogP contribution in [0.4, 0.5) is 5.69 Å². The van der Waals surface area contributed by atoms with Crippen LogP contribution in [0.5, 0.6) is 11.5 Å². The number of halogens is 3. The first-order chi connectivity index (χ1) is 11.0. The van der Waals surface area contributed by atoms with Gasteiger partial charge in [0.25, 0.3) is 5.69 Å². The molecule has 0 radical (unpaired) electrons. The second-order valence-corrected chi connectivity index (χ2v) is 6.83. The molecule has 0 aliphatic heterocycles. The molecule has 116 valence electrons.